The zero-order valence-electron chi connectivity index (χ0n) is 12.7. The molecule has 9 heteroatoms. The molecule has 2 aromatic rings. The average Bonchev–Trinajstić information content (AvgIpc) is 2.95. The highest BCUT2D eigenvalue weighted by molar-refractivity contribution is 8.01. The van der Waals surface area contributed by atoms with Crippen molar-refractivity contribution in [2.45, 2.75) is 18.2 Å². The fourth-order valence-corrected chi connectivity index (χ4v) is 3.07. The van der Waals surface area contributed by atoms with Crippen LogP contribution in [-0.2, 0) is 9.53 Å². The van der Waals surface area contributed by atoms with E-state index in [1.807, 2.05) is 31.2 Å². The van der Waals surface area contributed by atoms with E-state index in [9.17, 15) is 9.59 Å². The number of nitrogens with zero attached hydrogens (tertiary/aromatic N) is 2. The molecule has 0 bridgehead atoms. The quantitative estimate of drug-likeness (QED) is 0.613. The summed E-state index contributed by atoms with van der Waals surface area (Å²) in [6, 6.07) is 7.57. The van der Waals surface area contributed by atoms with Crippen LogP contribution in [0.3, 0.4) is 0 Å². The molecule has 23 heavy (non-hydrogen) atoms. The first kappa shape index (κ1) is 17.2. The molecule has 2 rings (SSSR count). The van der Waals surface area contributed by atoms with Gasteiger partial charge in [0.05, 0.1) is 12.4 Å². The summed E-state index contributed by atoms with van der Waals surface area (Å²) in [4.78, 5) is 23.1. The summed E-state index contributed by atoms with van der Waals surface area (Å²) >= 11 is 2.44. The van der Waals surface area contributed by atoms with Gasteiger partial charge in [-0.1, -0.05) is 40.8 Å². The lowest BCUT2D eigenvalue weighted by molar-refractivity contribution is -0.113. The van der Waals surface area contributed by atoms with E-state index < -0.39 is 6.09 Å². The van der Waals surface area contributed by atoms with Crippen molar-refractivity contribution in [1.82, 2.24) is 10.2 Å². The lowest BCUT2D eigenvalue weighted by atomic mass is 10.2. The predicted molar refractivity (Wildman–Crippen MR) is 91.1 cm³/mol. The van der Waals surface area contributed by atoms with Crippen LogP contribution in [-0.4, -0.2) is 34.6 Å². The zero-order chi connectivity index (χ0) is 16.7. The first-order valence-corrected chi connectivity index (χ1v) is 8.63. The van der Waals surface area contributed by atoms with Crippen LogP contribution in [0.1, 0.15) is 12.5 Å². The van der Waals surface area contributed by atoms with Gasteiger partial charge >= 0.3 is 6.09 Å². The fraction of sp³-hybridized carbons (Fsp3) is 0.286. The monoisotopic (exact) mass is 352 g/mol. The van der Waals surface area contributed by atoms with E-state index in [1.54, 1.807) is 6.92 Å². The molecule has 0 aliphatic heterocycles. The third-order valence-corrected chi connectivity index (χ3v) is 4.52. The molecule has 1 aromatic heterocycles. The minimum absolute atomic E-state index is 0.131. The Bertz CT molecular complexity index is 673. The molecule has 7 nitrogen and oxygen atoms in total. The number of hydrogen-bond donors (Lipinski definition) is 2. The van der Waals surface area contributed by atoms with E-state index in [0.29, 0.717) is 9.47 Å². The first-order valence-electron chi connectivity index (χ1n) is 6.83. The maximum atomic E-state index is 11.9. The summed E-state index contributed by atoms with van der Waals surface area (Å²) in [5.74, 6) is 0.0796. The number of carbonyl (C=O) groups is 2. The second-order valence-electron chi connectivity index (χ2n) is 4.42. The van der Waals surface area contributed by atoms with Crippen LogP contribution in [0.25, 0.3) is 0 Å². The molecule has 2 N–H and O–H groups in total. The van der Waals surface area contributed by atoms with E-state index in [4.69, 9.17) is 4.74 Å². The largest absolute Gasteiger partial charge is 0.450 e. The Balaban J connectivity index is 1.79. The average molecular weight is 352 g/mol. The molecule has 1 aromatic carbocycles. The molecule has 0 unspecified atom stereocenters. The highest BCUT2D eigenvalue weighted by atomic mass is 32.2. The standard InChI is InChI=1S/C14H16N4O3S2/c1-3-21-13(20)16-12-17-18-14(23-12)22-8-11(19)15-10-6-4-9(2)5-7-10/h4-7H,3,8H2,1-2H3,(H,15,19)(H,16,17,20). The zero-order valence-corrected chi connectivity index (χ0v) is 14.3. The van der Waals surface area contributed by atoms with E-state index in [0.717, 1.165) is 11.3 Å². The summed E-state index contributed by atoms with van der Waals surface area (Å²) < 4.78 is 5.34. The van der Waals surface area contributed by atoms with Crippen LogP contribution < -0.4 is 10.6 Å². The molecule has 0 saturated carbocycles. The van der Waals surface area contributed by atoms with Gasteiger partial charge in [0, 0.05) is 5.69 Å². The predicted octanol–water partition coefficient (Wildman–Crippen LogP) is 3.15. The summed E-state index contributed by atoms with van der Waals surface area (Å²) in [6.45, 7) is 3.98. The van der Waals surface area contributed by atoms with Crippen LogP contribution >= 0.6 is 23.1 Å². The molecule has 0 aliphatic rings. The topological polar surface area (TPSA) is 93.2 Å². The van der Waals surface area contributed by atoms with Gasteiger partial charge in [0.15, 0.2) is 4.34 Å². The number of anilines is 2. The lowest BCUT2D eigenvalue weighted by Gasteiger charge is -2.04. The number of nitrogens with one attached hydrogen (secondary N) is 2. The van der Waals surface area contributed by atoms with Crippen LogP contribution in [0.5, 0.6) is 0 Å². The Hall–Kier alpha value is -2.13. The lowest BCUT2D eigenvalue weighted by Crippen LogP contribution is -2.13. The summed E-state index contributed by atoms with van der Waals surface area (Å²) in [6.07, 6.45) is -0.572. The number of amides is 2. The van der Waals surface area contributed by atoms with Crippen molar-refractivity contribution >= 4 is 45.9 Å². The van der Waals surface area contributed by atoms with Crippen molar-refractivity contribution in [2.75, 3.05) is 23.0 Å². The van der Waals surface area contributed by atoms with Crippen molar-refractivity contribution in [3.8, 4) is 0 Å². The third kappa shape index (κ3) is 5.87. The molecule has 0 aliphatic carbocycles. The number of aryl methyl sites for hydroxylation is 1. The van der Waals surface area contributed by atoms with Gasteiger partial charge in [-0.05, 0) is 26.0 Å². The van der Waals surface area contributed by atoms with E-state index in [2.05, 4.69) is 20.8 Å². The van der Waals surface area contributed by atoms with E-state index in [1.165, 1.54) is 23.1 Å². The first-order chi connectivity index (χ1) is 11.1. The summed E-state index contributed by atoms with van der Waals surface area (Å²) in [7, 11) is 0. The smallest absolute Gasteiger partial charge is 0.413 e. The highest BCUT2D eigenvalue weighted by Gasteiger charge is 2.11. The van der Waals surface area contributed by atoms with Crippen LogP contribution in [0.4, 0.5) is 15.6 Å². The SMILES string of the molecule is CCOC(=O)Nc1nnc(SCC(=O)Nc2ccc(C)cc2)s1. The van der Waals surface area contributed by atoms with Crippen LogP contribution in [0.2, 0.25) is 0 Å². The molecule has 1 heterocycles. The minimum atomic E-state index is -0.572. The molecule has 0 fully saturated rings. The Morgan fingerprint density at radius 3 is 2.65 bits per heavy atom. The maximum absolute atomic E-state index is 11.9. The van der Waals surface area contributed by atoms with Crippen LogP contribution in [0, 0.1) is 6.92 Å². The Kier molecular flexibility index (Phi) is 6.36. The van der Waals surface area contributed by atoms with Crippen LogP contribution in [0.15, 0.2) is 28.6 Å². The van der Waals surface area contributed by atoms with Gasteiger partial charge in [0.25, 0.3) is 0 Å². The number of thioether (sulfide) groups is 1. The fourth-order valence-electron chi connectivity index (χ4n) is 1.53. The van der Waals surface area contributed by atoms with E-state index >= 15 is 0 Å². The number of benzene rings is 1. The molecular weight excluding hydrogens is 336 g/mol. The molecule has 2 amide bonds. The number of rotatable bonds is 6. The molecule has 0 saturated heterocycles. The van der Waals surface area contributed by atoms with E-state index in [-0.39, 0.29) is 18.3 Å². The Morgan fingerprint density at radius 2 is 1.96 bits per heavy atom. The Morgan fingerprint density at radius 1 is 1.22 bits per heavy atom. The second-order valence-corrected chi connectivity index (χ2v) is 6.62. The molecular formula is C14H16N4O3S2. The van der Waals surface area contributed by atoms with Gasteiger partial charge in [0.2, 0.25) is 11.0 Å². The highest BCUT2D eigenvalue weighted by Crippen LogP contribution is 2.25. The number of aromatic nitrogens is 2. The summed E-state index contributed by atoms with van der Waals surface area (Å²) in [5, 5.41) is 13.3. The van der Waals surface area contributed by atoms with Gasteiger partial charge in [-0.2, -0.15) is 0 Å². The van der Waals surface area contributed by atoms with Gasteiger partial charge in [-0.25, -0.2) is 4.79 Å². The normalized spacial score (nSPS) is 10.2. The van der Waals surface area contributed by atoms with Crippen molar-refractivity contribution < 1.29 is 14.3 Å². The van der Waals surface area contributed by atoms with Gasteiger partial charge < -0.3 is 10.1 Å². The molecule has 122 valence electrons. The molecule has 0 spiro atoms. The third-order valence-electron chi connectivity index (χ3n) is 2.55. The van der Waals surface area contributed by atoms with Crippen molar-refractivity contribution in [3.63, 3.8) is 0 Å². The molecule has 0 atom stereocenters. The van der Waals surface area contributed by atoms with Gasteiger partial charge in [0.1, 0.15) is 0 Å². The number of hydrogen-bond acceptors (Lipinski definition) is 7. The van der Waals surface area contributed by atoms with Gasteiger partial charge in [-0.15, -0.1) is 10.2 Å². The summed E-state index contributed by atoms with van der Waals surface area (Å²) in [5.41, 5.74) is 1.89. The van der Waals surface area contributed by atoms with Crippen molar-refractivity contribution in [1.29, 1.82) is 0 Å². The van der Waals surface area contributed by atoms with Gasteiger partial charge in [-0.3, -0.25) is 10.1 Å². The number of carbonyl (C=O) groups excluding carboxylic acids is 2. The molecule has 0 radical (unpaired) electrons. The minimum Gasteiger partial charge on any atom is -0.450 e. The number of ether oxygens (including phenoxy) is 1. The van der Waals surface area contributed by atoms with Crippen molar-refractivity contribution in [3.05, 3.63) is 29.8 Å². The Labute approximate surface area is 141 Å². The maximum Gasteiger partial charge on any atom is 0.413 e. The van der Waals surface area contributed by atoms with Crippen molar-refractivity contribution in [2.24, 2.45) is 0 Å². The second kappa shape index (κ2) is 8.49.